The first-order chi connectivity index (χ1) is 9.08. The number of benzene rings is 1. The SMILES string of the molecule is Cc1cc(F)ccc1CC(O)C(O)C1CCCCC1. The molecule has 3 heteroatoms. The van der Waals surface area contributed by atoms with E-state index in [0.29, 0.717) is 6.42 Å². The van der Waals surface area contributed by atoms with Crippen molar-refractivity contribution in [1.29, 1.82) is 0 Å². The zero-order chi connectivity index (χ0) is 13.8. The molecule has 0 amide bonds. The van der Waals surface area contributed by atoms with Gasteiger partial charge in [-0.25, -0.2) is 4.39 Å². The molecule has 2 N–H and O–H groups in total. The van der Waals surface area contributed by atoms with Gasteiger partial charge in [0.05, 0.1) is 12.2 Å². The Morgan fingerprint density at radius 1 is 1.21 bits per heavy atom. The number of aliphatic hydroxyl groups excluding tert-OH is 2. The standard InChI is InChI=1S/C16H23FO2/c1-11-9-14(17)8-7-13(11)10-15(18)16(19)12-5-3-2-4-6-12/h7-9,12,15-16,18-19H,2-6,10H2,1H3. The van der Waals surface area contributed by atoms with E-state index in [-0.39, 0.29) is 11.7 Å². The maximum atomic E-state index is 13.0. The van der Waals surface area contributed by atoms with E-state index in [1.54, 1.807) is 6.07 Å². The van der Waals surface area contributed by atoms with Gasteiger partial charge in [-0.3, -0.25) is 0 Å². The van der Waals surface area contributed by atoms with Crippen molar-refractivity contribution in [2.24, 2.45) is 5.92 Å². The highest BCUT2D eigenvalue weighted by Gasteiger charge is 2.27. The fourth-order valence-electron chi connectivity index (χ4n) is 3.02. The van der Waals surface area contributed by atoms with Crippen molar-refractivity contribution in [2.75, 3.05) is 0 Å². The highest BCUT2D eigenvalue weighted by molar-refractivity contribution is 5.27. The molecule has 1 aliphatic rings. The van der Waals surface area contributed by atoms with Gasteiger partial charge in [-0.05, 0) is 48.9 Å². The van der Waals surface area contributed by atoms with Gasteiger partial charge in [-0.15, -0.1) is 0 Å². The minimum absolute atomic E-state index is 0.213. The predicted molar refractivity (Wildman–Crippen MR) is 73.4 cm³/mol. The van der Waals surface area contributed by atoms with Crippen molar-refractivity contribution >= 4 is 0 Å². The largest absolute Gasteiger partial charge is 0.390 e. The molecule has 1 aromatic carbocycles. The van der Waals surface area contributed by atoms with Gasteiger partial charge in [0.25, 0.3) is 0 Å². The van der Waals surface area contributed by atoms with Gasteiger partial charge in [0, 0.05) is 6.42 Å². The molecular formula is C16H23FO2. The second kappa shape index (κ2) is 6.49. The molecule has 1 aliphatic carbocycles. The van der Waals surface area contributed by atoms with Gasteiger partial charge in [0.15, 0.2) is 0 Å². The lowest BCUT2D eigenvalue weighted by atomic mass is 9.82. The van der Waals surface area contributed by atoms with Gasteiger partial charge in [-0.2, -0.15) is 0 Å². The Balaban J connectivity index is 1.97. The molecule has 1 fully saturated rings. The summed E-state index contributed by atoms with van der Waals surface area (Å²) in [6, 6.07) is 4.57. The van der Waals surface area contributed by atoms with Crippen LogP contribution in [0.2, 0.25) is 0 Å². The second-order valence-corrected chi connectivity index (χ2v) is 5.73. The molecule has 0 heterocycles. The van der Waals surface area contributed by atoms with Crippen LogP contribution in [0.4, 0.5) is 4.39 Å². The highest BCUT2D eigenvalue weighted by atomic mass is 19.1. The number of aryl methyl sites for hydroxylation is 1. The lowest BCUT2D eigenvalue weighted by Gasteiger charge is -2.30. The van der Waals surface area contributed by atoms with E-state index >= 15 is 0 Å². The Kier molecular flexibility index (Phi) is 4.94. The Morgan fingerprint density at radius 3 is 2.53 bits per heavy atom. The minimum Gasteiger partial charge on any atom is -0.390 e. The van der Waals surface area contributed by atoms with Crippen LogP contribution < -0.4 is 0 Å². The maximum Gasteiger partial charge on any atom is 0.123 e. The number of hydrogen-bond donors (Lipinski definition) is 2. The fraction of sp³-hybridized carbons (Fsp3) is 0.625. The zero-order valence-electron chi connectivity index (χ0n) is 11.5. The number of aliphatic hydroxyl groups is 2. The van der Waals surface area contributed by atoms with Gasteiger partial charge in [0.2, 0.25) is 0 Å². The molecule has 1 saturated carbocycles. The molecule has 2 atom stereocenters. The van der Waals surface area contributed by atoms with Gasteiger partial charge < -0.3 is 10.2 Å². The van der Waals surface area contributed by atoms with Crippen molar-refractivity contribution in [3.63, 3.8) is 0 Å². The minimum atomic E-state index is -0.757. The van der Waals surface area contributed by atoms with E-state index in [1.165, 1.54) is 18.6 Å². The third-order valence-corrected chi connectivity index (χ3v) is 4.26. The number of rotatable bonds is 4. The smallest absolute Gasteiger partial charge is 0.123 e. The summed E-state index contributed by atoms with van der Waals surface area (Å²) in [7, 11) is 0. The quantitative estimate of drug-likeness (QED) is 0.879. The first kappa shape index (κ1) is 14.5. The molecule has 0 saturated heterocycles. The molecule has 1 aromatic rings. The summed E-state index contributed by atoms with van der Waals surface area (Å²) in [5.41, 5.74) is 1.73. The Morgan fingerprint density at radius 2 is 1.89 bits per heavy atom. The van der Waals surface area contributed by atoms with E-state index in [0.717, 1.165) is 36.8 Å². The average Bonchev–Trinajstić information content (AvgIpc) is 2.42. The third-order valence-electron chi connectivity index (χ3n) is 4.26. The van der Waals surface area contributed by atoms with Crippen LogP contribution in [0.15, 0.2) is 18.2 Å². The van der Waals surface area contributed by atoms with Crippen LogP contribution in [0.5, 0.6) is 0 Å². The van der Waals surface area contributed by atoms with E-state index in [2.05, 4.69) is 0 Å². The maximum absolute atomic E-state index is 13.0. The Bertz CT molecular complexity index is 413. The van der Waals surface area contributed by atoms with Crippen LogP contribution >= 0.6 is 0 Å². The molecular weight excluding hydrogens is 243 g/mol. The van der Waals surface area contributed by atoms with Crippen LogP contribution in [0.3, 0.4) is 0 Å². The van der Waals surface area contributed by atoms with E-state index in [4.69, 9.17) is 0 Å². The molecule has 19 heavy (non-hydrogen) atoms. The van der Waals surface area contributed by atoms with E-state index < -0.39 is 12.2 Å². The second-order valence-electron chi connectivity index (χ2n) is 5.73. The van der Waals surface area contributed by atoms with Crippen LogP contribution in [-0.4, -0.2) is 22.4 Å². The summed E-state index contributed by atoms with van der Waals surface area (Å²) in [5, 5.41) is 20.4. The van der Waals surface area contributed by atoms with Crippen LogP contribution in [0.1, 0.15) is 43.2 Å². The highest BCUT2D eigenvalue weighted by Crippen LogP contribution is 2.28. The van der Waals surface area contributed by atoms with E-state index in [9.17, 15) is 14.6 Å². The van der Waals surface area contributed by atoms with Gasteiger partial charge in [-0.1, -0.05) is 25.3 Å². The summed E-state index contributed by atoms with van der Waals surface area (Å²) in [4.78, 5) is 0. The zero-order valence-corrected chi connectivity index (χ0v) is 11.5. The topological polar surface area (TPSA) is 40.5 Å². The molecule has 0 bridgehead atoms. The van der Waals surface area contributed by atoms with Crippen molar-refractivity contribution in [3.8, 4) is 0 Å². The molecule has 0 radical (unpaired) electrons. The molecule has 2 unspecified atom stereocenters. The number of halogens is 1. The summed E-state index contributed by atoms with van der Waals surface area (Å²) < 4.78 is 13.0. The third kappa shape index (κ3) is 3.77. The molecule has 2 rings (SSSR count). The first-order valence-corrected chi connectivity index (χ1v) is 7.19. The summed E-state index contributed by atoms with van der Waals surface area (Å²) in [5.74, 6) is -0.0481. The molecule has 0 spiro atoms. The molecule has 0 aliphatic heterocycles. The van der Waals surface area contributed by atoms with E-state index in [1.807, 2.05) is 6.92 Å². The van der Waals surface area contributed by atoms with Gasteiger partial charge in [0.1, 0.15) is 5.82 Å². The fourth-order valence-corrected chi connectivity index (χ4v) is 3.02. The molecule has 106 valence electrons. The lowest BCUT2D eigenvalue weighted by molar-refractivity contribution is -0.0264. The van der Waals surface area contributed by atoms with Crippen LogP contribution in [0.25, 0.3) is 0 Å². The molecule has 2 nitrogen and oxygen atoms in total. The monoisotopic (exact) mass is 266 g/mol. The normalized spacial score (nSPS) is 20.2. The van der Waals surface area contributed by atoms with Crippen molar-refractivity contribution in [2.45, 2.75) is 57.7 Å². The average molecular weight is 266 g/mol. The van der Waals surface area contributed by atoms with Crippen LogP contribution in [0, 0.1) is 18.7 Å². The summed E-state index contributed by atoms with van der Waals surface area (Å²) in [6.07, 6.45) is 4.49. The first-order valence-electron chi connectivity index (χ1n) is 7.19. The van der Waals surface area contributed by atoms with Crippen molar-refractivity contribution < 1.29 is 14.6 Å². The summed E-state index contributed by atoms with van der Waals surface area (Å²) >= 11 is 0. The van der Waals surface area contributed by atoms with Crippen LogP contribution in [-0.2, 0) is 6.42 Å². The summed E-state index contributed by atoms with van der Waals surface area (Å²) in [6.45, 7) is 1.83. The van der Waals surface area contributed by atoms with Crippen molar-refractivity contribution in [3.05, 3.63) is 35.1 Å². The lowest BCUT2D eigenvalue weighted by Crippen LogP contribution is -2.36. The number of hydrogen-bond acceptors (Lipinski definition) is 2. The predicted octanol–water partition coefficient (Wildman–Crippen LogP) is 2.98. The Labute approximate surface area is 114 Å². The molecule has 0 aromatic heterocycles. The van der Waals surface area contributed by atoms with Crippen molar-refractivity contribution in [1.82, 2.24) is 0 Å². The Hall–Kier alpha value is -0.930. The van der Waals surface area contributed by atoms with Gasteiger partial charge >= 0.3 is 0 Å².